The second-order valence-corrected chi connectivity index (χ2v) is 7.31. The van der Waals surface area contributed by atoms with Crippen molar-refractivity contribution in [3.05, 3.63) is 29.6 Å². The van der Waals surface area contributed by atoms with E-state index >= 15 is 0 Å². The minimum Gasteiger partial charge on any atom is -0.396 e. The zero-order valence-electron chi connectivity index (χ0n) is 13.1. The van der Waals surface area contributed by atoms with Gasteiger partial charge in [-0.2, -0.15) is 0 Å². The van der Waals surface area contributed by atoms with Crippen molar-refractivity contribution in [1.82, 2.24) is 10.2 Å². The number of nitrogens with zero attached hydrogens (tertiary/aromatic N) is 1. The summed E-state index contributed by atoms with van der Waals surface area (Å²) in [6, 6.07) is 4.69. The van der Waals surface area contributed by atoms with Crippen LogP contribution < -0.4 is 5.32 Å². The van der Waals surface area contributed by atoms with Gasteiger partial charge in [-0.15, -0.1) is 11.8 Å². The number of aliphatic hydroxyl groups excluding tert-OH is 1. The van der Waals surface area contributed by atoms with Gasteiger partial charge in [-0.25, -0.2) is 9.18 Å². The highest BCUT2D eigenvalue weighted by Crippen LogP contribution is 2.36. The van der Waals surface area contributed by atoms with E-state index in [1.807, 2.05) is 4.90 Å². The Balaban J connectivity index is 1.72. The van der Waals surface area contributed by atoms with E-state index in [2.05, 4.69) is 5.32 Å². The lowest BCUT2D eigenvalue weighted by molar-refractivity contribution is 0.129. The molecule has 6 heteroatoms. The lowest BCUT2D eigenvalue weighted by Crippen LogP contribution is -2.50. The lowest BCUT2D eigenvalue weighted by atomic mass is 9.99. The molecule has 0 saturated carbocycles. The van der Waals surface area contributed by atoms with Gasteiger partial charge in [0.15, 0.2) is 0 Å². The highest BCUT2D eigenvalue weighted by molar-refractivity contribution is 7.99. The highest BCUT2D eigenvalue weighted by Gasteiger charge is 2.29. The minimum absolute atomic E-state index is 0.0877. The molecule has 1 fully saturated rings. The fourth-order valence-electron chi connectivity index (χ4n) is 3.46. The van der Waals surface area contributed by atoms with Crippen molar-refractivity contribution < 1.29 is 14.3 Å². The number of nitrogens with one attached hydrogen (secondary N) is 1. The standard InChI is InChI=1S/C17H23FN2O2S/c18-12-4-5-16-14(11-12)15(7-10-23-16)19-17(22)20-8-2-1-3-13(20)6-9-21/h4-5,11,13,15,21H,1-3,6-10H2,(H,19,22). The molecule has 2 amide bonds. The average Bonchev–Trinajstić information content (AvgIpc) is 2.56. The van der Waals surface area contributed by atoms with Crippen molar-refractivity contribution in [2.75, 3.05) is 18.9 Å². The summed E-state index contributed by atoms with van der Waals surface area (Å²) >= 11 is 1.71. The third-order valence-corrected chi connectivity index (χ3v) is 5.78. The molecule has 3 rings (SSSR count). The number of likely N-dealkylation sites (tertiary alicyclic amines) is 1. The van der Waals surface area contributed by atoms with Crippen molar-refractivity contribution in [3.8, 4) is 0 Å². The maximum atomic E-state index is 13.6. The van der Waals surface area contributed by atoms with E-state index in [0.717, 1.165) is 48.4 Å². The number of piperidine rings is 1. The fraction of sp³-hybridized carbons (Fsp3) is 0.588. The van der Waals surface area contributed by atoms with Crippen LogP contribution in [0.1, 0.15) is 43.7 Å². The van der Waals surface area contributed by atoms with Gasteiger partial charge in [-0.1, -0.05) is 0 Å². The van der Waals surface area contributed by atoms with Gasteiger partial charge < -0.3 is 15.3 Å². The number of rotatable bonds is 3. The van der Waals surface area contributed by atoms with Gasteiger partial charge in [0.1, 0.15) is 5.82 Å². The molecule has 2 aliphatic heterocycles. The number of aliphatic hydroxyl groups is 1. The molecule has 0 spiro atoms. The van der Waals surface area contributed by atoms with Crippen LogP contribution in [0.5, 0.6) is 0 Å². The normalized spacial score (nSPS) is 24.2. The number of carbonyl (C=O) groups is 1. The fourth-order valence-corrected chi connectivity index (χ4v) is 4.57. The Labute approximate surface area is 140 Å². The monoisotopic (exact) mass is 338 g/mol. The number of halogens is 1. The predicted molar refractivity (Wildman–Crippen MR) is 89.1 cm³/mol. The third kappa shape index (κ3) is 3.80. The molecular weight excluding hydrogens is 315 g/mol. The molecule has 0 aliphatic carbocycles. The van der Waals surface area contributed by atoms with Gasteiger partial charge in [-0.3, -0.25) is 0 Å². The van der Waals surface area contributed by atoms with Crippen molar-refractivity contribution >= 4 is 17.8 Å². The summed E-state index contributed by atoms with van der Waals surface area (Å²) in [5, 5.41) is 12.3. The molecule has 2 N–H and O–H groups in total. The number of thioether (sulfide) groups is 1. The minimum atomic E-state index is -0.262. The van der Waals surface area contributed by atoms with E-state index in [1.54, 1.807) is 17.8 Å². The van der Waals surface area contributed by atoms with Crippen molar-refractivity contribution in [1.29, 1.82) is 0 Å². The first kappa shape index (κ1) is 16.6. The molecule has 0 radical (unpaired) electrons. The zero-order valence-corrected chi connectivity index (χ0v) is 13.9. The SMILES string of the molecule is O=C(NC1CCSc2ccc(F)cc21)N1CCCCC1CCO. The van der Waals surface area contributed by atoms with Crippen LogP contribution in [0.4, 0.5) is 9.18 Å². The molecule has 1 saturated heterocycles. The zero-order chi connectivity index (χ0) is 16.2. The Hall–Kier alpha value is -1.27. The van der Waals surface area contributed by atoms with Crippen LogP contribution in [0.25, 0.3) is 0 Å². The van der Waals surface area contributed by atoms with Gasteiger partial charge in [0, 0.05) is 29.8 Å². The number of hydrogen-bond donors (Lipinski definition) is 2. The first-order chi connectivity index (χ1) is 11.2. The molecule has 2 aliphatic rings. The van der Waals surface area contributed by atoms with Gasteiger partial charge in [0.05, 0.1) is 6.04 Å². The Bertz CT molecular complexity index is 568. The molecule has 2 unspecified atom stereocenters. The Morgan fingerprint density at radius 3 is 3.09 bits per heavy atom. The average molecular weight is 338 g/mol. The quantitative estimate of drug-likeness (QED) is 0.889. The molecule has 1 aromatic carbocycles. The Morgan fingerprint density at radius 1 is 1.39 bits per heavy atom. The van der Waals surface area contributed by atoms with E-state index in [4.69, 9.17) is 0 Å². The van der Waals surface area contributed by atoms with E-state index in [-0.39, 0.29) is 30.5 Å². The summed E-state index contributed by atoms with van der Waals surface area (Å²) in [6.45, 7) is 0.830. The first-order valence-corrected chi connectivity index (χ1v) is 9.28. The predicted octanol–water partition coefficient (Wildman–Crippen LogP) is 3.31. The molecular formula is C17H23FN2O2S. The number of hydrogen-bond acceptors (Lipinski definition) is 3. The van der Waals surface area contributed by atoms with Crippen molar-refractivity contribution in [2.45, 2.75) is 49.1 Å². The number of fused-ring (bicyclic) bond motifs is 1. The van der Waals surface area contributed by atoms with Gasteiger partial charge in [-0.05, 0) is 55.9 Å². The van der Waals surface area contributed by atoms with Crippen LogP contribution in [0.15, 0.2) is 23.1 Å². The van der Waals surface area contributed by atoms with Crippen LogP contribution in [0, 0.1) is 5.82 Å². The van der Waals surface area contributed by atoms with Crippen LogP contribution in [-0.4, -0.2) is 41.0 Å². The Kier molecular flexibility index (Phi) is 5.43. The molecule has 23 heavy (non-hydrogen) atoms. The van der Waals surface area contributed by atoms with Crippen molar-refractivity contribution in [2.24, 2.45) is 0 Å². The summed E-state index contributed by atoms with van der Waals surface area (Å²) in [5.41, 5.74) is 0.880. The smallest absolute Gasteiger partial charge is 0.318 e. The van der Waals surface area contributed by atoms with Gasteiger partial charge in [0.2, 0.25) is 0 Å². The molecule has 4 nitrogen and oxygen atoms in total. The number of carbonyl (C=O) groups excluding carboxylic acids is 1. The largest absolute Gasteiger partial charge is 0.396 e. The first-order valence-electron chi connectivity index (χ1n) is 8.29. The van der Waals surface area contributed by atoms with E-state index in [9.17, 15) is 14.3 Å². The van der Waals surface area contributed by atoms with Crippen LogP contribution in [-0.2, 0) is 0 Å². The summed E-state index contributed by atoms with van der Waals surface area (Å²) in [6.07, 6.45) is 4.48. The van der Waals surface area contributed by atoms with Crippen LogP contribution in [0.2, 0.25) is 0 Å². The second kappa shape index (κ2) is 7.53. The number of urea groups is 1. The van der Waals surface area contributed by atoms with Crippen molar-refractivity contribution in [3.63, 3.8) is 0 Å². The highest BCUT2D eigenvalue weighted by atomic mass is 32.2. The van der Waals surface area contributed by atoms with E-state index < -0.39 is 0 Å². The number of amides is 2. The maximum Gasteiger partial charge on any atom is 0.318 e. The van der Waals surface area contributed by atoms with Crippen LogP contribution in [0.3, 0.4) is 0 Å². The molecule has 0 aromatic heterocycles. The van der Waals surface area contributed by atoms with Gasteiger partial charge in [0.25, 0.3) is 0 Å². The van der Waals surface area contributed by atoms with E-state index in [1.165, 1.54) is 12.1 Å². The maximum absolute atomic E-state index is 13.6. The molecule has 2 atom stereocenters. The van der Waals surface area contributed by atoms with Crippen LogP contribution >= 0.6 is 11.8 Å². The molecule has 1 aromatic rings. The Morgan fingerprint density at radius 2 is 2.26 bits per heavy atom. The number of benzene rings is 1. The molecule has 0 bridgehead atoms. The molecule has 126 valence electrons. The molecule has 2 heterocycles. The van der Waals surface area contributed by atoms with Gasteiger partial charge >= 0.3 is 6.03 Å². The summed E-state index contributed by atoms with van der Waals surface area (Å²) in [5.74, 6) is 0.658. The summed E-state index contributed by atoms with van der Waals surface area (Å²) < 4.78 is 13.6. The van der Waals surface area contributed by atoms with E-state index in [0.29, 0.717) is 6.42 Å². The summed E-state index contributed by atoms with van der Waals surface area (Å²) in [4.78, 5) is 15.6. The lowest BCUT2D eigenvalue weighted by Gasteiger charge is -2.37. The topological polar surface area (TPSA) is 52.6 Å². The summed E-state index contributed by atoms with van der Waals surface area (Å²) in [7, 11) is 0. The second-order valence-electron chi connectivity index (χ2n) is 6.18. The third-order valence-electron chi connectivity index (χ3n) is 4.66.